The van der Waals surface area contributed by atoms with Crippen LogP contribution in [0.1, 0.15) is 65.2 Å². The summed E-state index contributed by atoms with van der Waals surface area (Å²) in [6.45, 7) is 4.72. The largest absolute Gasteiger partial charge is 0.317 e. The highest BCUT2D eigenvalue weighted by Crippen LogP contribution is 2.44. The van der Waals surface area contributed by atoms with Crippen LogP contribution in [0.4, 0.5) is 0 Å². The summed E-state index contributed by atoms with van der Waals surface area (Å²) >= 11 is 0. The lowest BCUT2D eigenvalue weighted by molar-refractivity contribution is 0.106. The van der Waals surface area contributed by atoms with Gasteiger partial charge in [-0.05, 0) is 56.4 Å². The van der Waals surface area contributed by atoms with E-state index in [0.717, 1.165) is 29.7 Å². The van der Waals surface area contributed by atoms with Crippen LogP contribution in [0.3, 0.4) is 0 Å². The van der Waals surface area contributed by atoms with Gasteiger partial charge in [0, 0.05) is 6.04 Å². The molecule has 0 aromatic carbocycles. The van der Waals surface area contributed by atoms with E-state index in [1.165, 1.54) is 51.4 Å². The van der Waals surface area contributed by atoms with E-state index < -0.39 is 0 Å². The zero-order valence-corrected chi connectivity index (χ0v) is 12.0. The first kappa shape index (κ1) is 13.4. The van der Waals surface area contributed by atoms with E-state index in [9.17, 15) is 0 Å². The predicted octanol–water partition coefficient (Wildman–Crippen LogP) is 4.23. The van der Waals surface area contributed by atoms with E-state index in [4.69, 9.17) is 0 Å². The molecule has 17 heavy (non-hydrogen) atoms. The fraction of sp³-hybridized carbons (Fsp3) is 1.00. The molecule has 0 radical (unpaired) electrons. The summed E-state index contributed by atoms with van der Waals surface area (Å²) < 4.78 is 0. The summed E-state index contributed by atoms with van der Waals surface area (Å²) in [6.07, 6.45) is 12.0. The number of hydrogen-bond donors (Lipinski definition) is 1. The minimum Gasteiger partial charge on any atom is -0.317 e. The van der Waals surface area contributed by atoms with Crippen molar-refractivity contribution in [2.24, 2.45) is 23.7 Å². The molecule has 1 nitrogen and oxygen atoms in total. The summed E-state index contributed by atoms with van der Waals surface area (Å²) in [5.74, 6) is 3.96. The molecule has 2 aliphatic rings. The SMILES string of the molecule is CNC(CC(C)C)C1CCC2CCCCC2C1. The Balaban J connectivity index is 1.89. The number of hydrogen-bond acceptors (Lipinski definition) is 1. The van der Waals surface area contributed by atoms with E-state index in [2.05, 4.69) is 26.2 Å². The molecule has 100 valence electrons. The second-order valence-electron chi connectivity index (χ2n) is 6.90. The molecule has 1 heteroatoms. The quantitative estimate of drug-likeness (QED) is 0.771. The van der Waals surface area contributed by atoms with Crippen molar-refractivity contribution in [2.75, 3.05) is 7.05 Å². The summed E-state index contributed by atoms with van der Waals surface area (Å²) in [7, 11) is 2.17. The van der Waals surface area contributed by atoms with Crippen molar-refractivity contribution >= 4 is 0 Å². The average Bonchev–Trinajstić information content (AvgIpc) is 2.35. The third kappa shape index (κ3) is 3.47. The maximum Gasteiger partial charge on any atom is 0.00948 e. The normalized spacial score (nSPS) is 35.6. The highest BCUT2D eigenvalue weighted by Gasteiger charge is 2.34. The van der Waals surface area contributed by atoms with Crippen LogP contribution < -0.4 is 5.32 Å². The Kier molecular flexibility index (Phi) is 4.90. The molecule has 4 atom stereocenters. The van der Waals surface area contributed by atoms with Crippen LogP contribution in [0.25, 0.3) is 0 Å². The van der Waals surface area contributed by atoms with Gasteiger partial charge in [-0.1, -0.05) is 39.5 Å². The van der Waals surface area contributed by atoms with Gasteiger partial charge in [0.2, 0.25) is 0 Å². The molecule has 2 saturated carbocycles. The van der Waals surface area contributed by atoms with Crippen LogP contribution in [-0.4, -0.2) is 13.1 Å². The number of rotatable bonds is 4. The van der Waals surface area contributed by atoms with Gasteiger partial charge >= 0.3 is 0 Å². The van der Waals surface area contributed by atoms with Crippen molar-refractivity contribution in [3.63, 3.8) is 0 Å². The van der Waals surface area contributed by atoms with Gasteiger partial charge in [0.15, 0.2) is 0 Å². The fourth-order valence-corrected chi connectivity index (χ4v) is 4.33. The average molecular weight is 237 g/mol. The van der Waals surface area contributed by atoms with Gasteiger partial charge in [0.05, 0.1) is 0 Å². The fourth-order valence-electron chi connectivity index (χ4n) is 4.33. The second kappa shape index (κ2) is 6.22. The molecule has 0 aromatic rings. The van der Waals surface area contributed by atoms with Crippen LogP contribution in [0.5, 0.6) is 0 Å². The molecule has 0 aliphatic heterocycles. The van der Waals surface area contributed by atoms with Crippen LogP contribution in [0.2, 0.25) is 0 Å². The molecule has 2 aliphatic carbocycles. The highest BCUT2D eigenvalue weighted by atomic mass is 14.9. The van der Waals surface area contributed by atoms with Gasteiger partial charge in [0.1, 0.15) is 0 Å². The lowest BCUT2D eigenvalue weighted by Crippen LogP contribution is -2.40. The smallest absolute Gasteiger partial charge is 0.00948 e. The zero-order valence-electron chi connectivity index (χ0n) is 12.0. The van der Waals surface area contributed by atoms with E-state index in [0.29, 0.717) is 0 Å². The Morgan fingerprint density at radius 1 is 1.00 bits per heavy atom. The molecule has 0 aromatic heterocycles. The molecule has 2 rings (SSSR count). The van der Waals surface area contributed by atoms with E-state index in [1.54, 1.807) is 0 Å². The van der Waals surface area contributed by atoms with Gasteiger partial charge in [-0.15, -0.1) is 0 Å². The molecule has 0 spiro atoms. The van der Waals surface area contributed by atoms with E-state index in [1.807, 2.05) is 0 Å². The minimum atomic E-state index is 0.776. The van der Waals surface area contributed by atoms with Gasteiger partial charge in [0.25, 0.3) is 0 Å². The summed E-state index contributed by atoms with van der Waals surface area (Å²) in [4.78, 5) is 0. The van der Waals surface area contributed by atoms with Crippen molar-refractivity contribution in [1.82, 2.24) is 5.32 Å². The minimum absolute atomic E-state index is 0.776. The summed E-state index contributed by atoms with van der Waals surface area (Å²) in [5.41, 5.74) is 0. The lowest BCUT2D eigenvalue weighted by Gasteiger charge is -2.42. The van der Waals surface area contributed by atoms with Crippen LogP contribution in [-0.2, 0) is 0 Å². The van der Waals surface area contributed by atoms with E-state index in [-0.39, 0.29) is 0 Å². The molecule has 0 saturated heterocycles. The molecule has 0 heterocycles. The molecule has 1 N–H and O–H groups in total. The monoisotopic (exact) mass is 237 g/mol. The standard InChI is InChI=1S/C16H31N/c1-12(2)10-16(17-3)15-9-8-13-6-4-5-7-14(13)11-15/h12-17H,4-11H2,1-3H3. The summed E-state index contributed by atoms with van der Waals surface area (Å²) in [5, 5.41) is 3.60. The van der Waals surface area contributed by atoms with Crippen molar-refractivity contribution < 1.29 is 0 Å². The van der Waals surface area contributed by atoms with Crippen LogP contribution >= 0.6 is 0 Å². The molecular formula is C16H31N. The Hall–Kier alpha value is -0.0400. The molecule has 0 amide bonds. The Labute approximate surface area is 108 Å². The van der Waals surface area contributed by atoms with Gasteiger partial charge in [-0.25, -0.2) is 0 Å². The third-order valence-corrected chi connectivity index (χ3v) is 5.25. The van der Waals surface area contributed by atoms with Crippen LogP contribution in [0, 0.1) is 23.7 Å². The molecule has 4 unspecified atom stereocenters. The second-order valence-corrected chi connectivity index (χ2v) is 6.90. The highest BCUT2D eigenvalue weighted by molar-refractivity contribution is 4.88. The van der Waals surface area contributed by atoms with Gasteiger partial charge in [-0.2, -0.15) is 0 Å². The topological polar surface area (TPSA) is 12.0 Å². The predicted molar refractivity (Wildman–Crippen MR) is 75.1 cm³/mol. The van der Waals surface area contributed by atoms with Gasteiger partial charge < -0.3 is 5.32 Å². The third-order valence-electron chi connectivity index (χ3n) is 5.25. The maximum atomic E-state index is 3.60. The van der Waals surface area contributed by atoms with Crippen molar-refractivity contribution in [3.8, 4) is 0 Å². The zero-order chi connectivity index (χ0) is 12.3. The van der Waals surface area contributed by atoms with Crippen LogP contribution in [0.15, 0.2) is 0 Å². The number of fused-ring (bicyclic) bond motifs is 1. The Morgan fingerprint density at radius 2 is 1.71 bits per heavy atom. The Bertz CT molecular complexity index is 224. The first-order valence-corrected chi connectivity index (χ1v) is 7.88. The summed E-state index contributed by atoms with van der Waals surface area (Å²) in [6, 6.07) is 0.776. The molecule has 0 bridgehead atoms. The van der Waals surface area contributed by atoms with Gasteiger partial charge in [-0.3, -0.25) is 0 Å². The van der Waals surface area contributed by atoms with E-state index >= 15 is 0 Å². The van der Waals surface area contributed by atoms with Crippen molar-refractivity contribution in [2.45, 2.75) is 71.3 Å². The molecular weight excluding hydrogens is 206 g/mol. The lowest BCUT2D eigenvalue weighted by atomic mass is 9.65. The first-order valence-electron chi connectivity index (χ1n) is 7.88. The van der Waals surface area contributed by atoms with Crippen molar-refractivity contribution in [3.05, 3.63) is 0 Å². The maximum absolute atomic E-state index is 3.60. The first-order chi connectivity index (χ1) is 8.20. The molecule has 2 fully saturated rings. The Morgan fingerprint density at radius 3 is 2.35 bits per heavy atom. The number of nitrogens with one attached hydrogen (secondary N) is 1. The van der Waals surface area contributed by atoms with Crippen molar-refractivity contribution in [1.29, 1.82) is 0 Å².